The molecule has 0 saturated carbocycles. The second-order valence-corrected chi connectivity index (χ2v) is 9.01. The topological polar surface area (TPSA) is 139 Å². The maximum Gasteiger partial charge on any atom is 0.239 e. The number of nitriles is 1. The van der Waals surface area contributed by atoms with Gasteiger partial charge in [-0.2, -0.15) is 10.2 Å². The second-order valence-electron chi connectivity index (χ2n) is 7.07. The predicted molar refractivity (Wildman–Crippen MR) is 117 cm³/mol. The third-order valence-electron chi connectivity index (χ3n) is 4.96. The minimum atomic E-state index is -4.03. The summed E-state index contributed by atoms with van der Waals surface area (Å²) < 4.78 is 39.5. The van der Waals surface area contributed by atoms with Crippen LogP contribution in [0.3, 0.4) is 0 Å². The van der Waals surface area contributed by atoms with Crippen LogP contribution in [0.15, 0.2) is 53.6 Å². The molecule has 0 bridgehead atoms. The van der Waals surface area contributed by atoms with Crippen LogP contribution in [0.25, 0.3) is 10.9 Å². The zero-order chi connectivity index (χ0) is 22.6. The Morgan fingerprint density at radius 3 is 2.66 bits per heavy atom. The number of rotatable bonds is 5. The molecule has 1 unspecified atom stereocenters. The minimum absolute atomic E-state index is 0.0259. The summed E-state index contributed by atoms with van der Waals surface area (Å²) in [6.45, 7) is 0. The van der Waals surface area contributed by atoms with Crippen LogP contribution in [0.5, 0.6) is 0 Å². The van der Waals surface area contributed by atoms with Crippen molar-refractivity contribution in [2.75, 3.05) is 10.6 Å². The Hall–Kier alpha value is -3.72. The molecule has 0 fully saturated rings. The van der Waals surface area contributed by atoms with Crippen LogP contribution in [0.2, 0.25) is 5.02 Å². The van der Waals surface area contributed by atoms with Gasteiger partial charge in [0.1, 0.15) is 4.90 Å². The molecule has 4 aromatic rings. The van der Waals surface area contributed by atoms with E-state index in [1.165, 1.54) is 18.2 Å². The highest BCUT2D eigenvalue weighted by Crippen LogP contribution is 2.41. The molecular formula is C20H13ClFN7O2S. The van der Waals surface area contributed by atoms with Gasteiger partial charge in [0, 0.05) is 16.8 Å². The Morgan fingerprint density at radius 2 is 1.91 bits per heavy atom. The number of hydrogen-bond acceptors (Lipinski definition) is 7. The number of nitrogens with one attached hydrogen (secondary N) is 2. The number of nitrogens with two attached hydrogens (primary N) is 1. The van der Waals surface area contributed by atoms with Crippen molar-refractivity contribution in [2.24, 2.45) is 5.14 Å². The number of sulfonamides is 1. The number of halogens is 2. The van der Waals surface area contributed by atoms with Gasteiger partial charge in [-0.3, -0.25) is 0 Å². The van der Waals surface area contributed by atoms with Crippen LogP contribution in [0, 0.1) is 17.1 Å². The van der Waals surface area contributed by atoms with Crippen molar-refractivity contribution >= 4 is 55.7 Å². The van der Waals surface area contributed by atoms with Gasteiger partial charge in [-0.15, -0.1) is 0 Å². The van der Waals surface area contributed by atoms with E-state index in [9.17, 15) is 12.8 Å². The van der Waals surface area contributed by atoms with E-state index < -0.39 is 15.8 Å². The third-order valence-corrected chi connectivity index (χ3v) is 6.35. The maximum absolute atomic E-state index is 14.3. The van der Waals surface area contributed by atoms with Crippen LogP contribution in [-0.2, 0) is 10.0 Å². The lowest BCUT2D eigenvalue weighted by Gasteiger charge is -2.11. The van der Waals surface area contributed by atoms with Crippen LogP contribution >= 0.6 is 11.6 Å². The monoisotopic (exact) mass is 469 g/mol. The molecule has 5 rings (SSSR count). The number of anilines is 4. The van der Waals surface area contributed by atoms with Gasteiger partial charge in [0.25, 0.3) is 0 Å². The van der Waals surface area contributed by atoms with Crippen LogP contribution < -0.4 is 15.8 Å². The van der Waals surface area contributed by atoms with Crippen molar-refractivity contribution in [1.29, 1.82) is 5.26 Å². The molecule has 4 N–H and O–H groups in total. The fraction of sp³-hybridized carbons (Fsp3) is 0.0500. The molecule has 0 amide bonds. The van der Waals surface area contributed by atoms with E-state index in [4.69, 9.17) is 22.0 Å². The van der Waals surface area contributed by atoms with Crippen LogP contribution in [-0.4, -0.2) is 23.0 Å². The van der Waals surface area contributed by atoms with Crippen molar-refractivity contribution < 1.29 is 12.8 Å². The molecule has 9 nitrogen and oxygen atoms in total. The van der Waals surface area contributed by atoms with Gasteiger partial charge < -0.3 is 15.2 Å². The summed E-state index contributed by atoms with van der Waals surface area (Å²) in [7, 11) is -4.03. The average molecular weight is 470 g/mol. The minimum Gasteiger partial charge on any atom is -0.338 e. The van der Waals surface area contributed by atoms with E-state index in [1.807, 2.05) is 22.8 Å². The predicted octanol–water partition coefficient (Wildman–Crippen LogP) is 3.78. The van der Waals surface area contributed by atoms with Crippen molar-refractivity contribution in [2.45, 2.75) is 10.9 Å². The smallest absolute Gasteiger partial charge is 0.239 e. The highest BCUT2D eigenvalue weighted by atomic mass is 35.5. The Kier molecular flexibility index (Phi) is 4.52. The van der Waals surface area contributed by atoms with Gasteiger partial charge in [-0.1, -0.05) is 11.6 Å². The normalized spacial score (nSPS) is 14.6. The first kappa shape index (κ1) is 20.2. The molecule has 3 heterocycles. The Labute approximate surface area is 186 Å². The summed E-state index contributed by atoms with van der Waals surface area (Å²) in [5.74, 6) is -0.718. The van der Waals surface area contributed by atoms with E-state index in [0.717, 1.165) is 22.8 Å². The number of fused-ring (bicyclic) bond motifs is 3. The number of hydrogen-bond donors (Lipinski definition) is 3. The van der Waals surface area contributed by atoms with Gasteiger partial charge in [0.15, 0.2) is 17.7 Å². The summed E-state index contributed by atoms with van der Waals surface area (Å²) in [6, 6.07) is 13.5. The standard InChI is InChI=1S/C20H13ClFN7O2S/c21-13-3-1-12(7-18(13)32(24,30)31)27-20-25-9-14(22)19(28-20)26-11-2-4-15-10(5-11)6-16-17(8-23)29(15)16/h1-7,9,17H,(H2,24,30,31)(H2,25,26,27,28). The zero-order valence-corrected chi connectivity index (χ0v) is 17.6. The Bertz CT molecular complexity index is 1560. The van der Waals surface area contributed by atoms with Crippen molar-refractivity contribution in [1.82, 2.24) is 14.5 Å². The third kappa shape index (κ3) is 3.50. The SMILES string of the molecule is N#CC1c2cc3cc(Nc4nc(Nc5ccc(Cl)c(S(N)(=O)=O)c5)ncc4F)ccc3n21. The number of aromatic nitrogens is 3. The molecule has 0 radical (unpaired) electrons. The molecule has 1 aliphatic heterocycles. The van der Waals surface area contributed by atoms with Gasteiger partial charge in [0.05, 0.1) is 28.5 Å². The molecular weight excluding hydrogens is 457 g/mol. The highest BCUT2D eigenvalue weighted by molar-refractivity contribution is 7.89. The Morgan fingerprint density at radius 1 is 1.16 bits per heavy atom. The van der Waals surface area contributed by atoms with E-state index in [0.29, 0.717) is 11.4 Å². The molecule has 0 aliphatic carbocycles. The summed E-state index contributed by atoms with van der Waals surface area (Å²) >= 11 is 5.89. The first-order chi connectivity index (χ1) is 15.2. The van der Waals surface area contributed by atoms with Gasteiger partial charge in [0.2, 0.25) is 16.0 Å². The van der Waals surface area contributed by atoms with Gasteiger partial charge in [-0.05, 0) is 42.5 Å². The van der Waals surface area contributed by atoms with Gasteiger partial charge >= 0.3 is 0 Å². The molecule has 2 aromatic heterocycles. The molecule has 0 spiro atoms. The van der Waals surface area contributed by atoms with Crippen LogP contribution in [0.1, 0.15) is 11.7 Å². The second kappa shape index (κ2) is 7.16. The van der Waals surface area contributed by atoms with E-state index >= 15 is 0 Å². The zero-order valence-electron chi connectivity index (χ0n) is 16.0. The molecule has 32 heavy (non-hydrogen) atoms. The van der Waals surface area contributed by atoms with Crippen molar-refractivity contribution in [3.05, 3.63) is 65.2 Å². The summed E-state index contributed by atoms with van der Waals surface area (Å²) in [5.41, 5.74) is 2.78. The average Bonchev–Trinajstić information content (AvgIpc) is 3.30. The highest BCUT2D eigenvalue weighted by Gasteiger charge is 2.34. The summed E-state index contributed by atoms with van der Waals surface area (Å²) in [6.07, 6.45) is 0.988. The quantitative estimate of drug-likeness (QED) is 0.404. The fourth-order valence-corrected chi connectivity index (χ4v) is 4.54. The largest absolute Gasteiger partial charge is 0.338 e. The summed E-state index contributed by atoms with van der Waals surface area (Å²) in [4.78, 5) is 7.75. The molecule has 0 saturated heterocycles. The van der Waals surface area contributed by atoms with Crippen LogP contribution in [0.4, 0.5) is 27.5 Å². The number of primary sulfonamides is 1. The van der Waals surface area contributed by atoms with Crippen molar-refractivity contribution in [3.63, 3.8) is 0 Å². The molecule has 1 aliphatic rings. The summed E-state index contributed by atoms with van der Waals surface area (Å²) in [5, 5.41) is 20.8. The lowest BCUT2D eigenvalue weighted by atomic mass is 10.2. The lowest BCUT2D eigenvalue weighted by molar-refractivity contribution is 0.598. The van der Waals surface area contributed by atoms with Crippen molar-refractivity contribution in [3.8, 4) is 6.07 Å². The lowest BCUT2D eigenvalue weighted by Crippen LogP contribution is -2.13. The number of nitrogens with zero attached hydrogens (tertiary/aromatic N) is 4. The van der Waals surface area contributed by atoms with Gasteiger partial charge in [-0.25, -0.2) is 22.9 Å². The molecule has 2 aromatic carbocycles. The maximum atomic E-state index is 14.3. The molecule has 1 atom stereocenters. The molecule has 160 valence electrons. The van der Waals surface area contributed by atoms with E-state index in [2.05, 4.69) is 26.7 Å². The van der Waals surface area contributed by atoms with E-state index in [1.54, 1.807) is 6.07 Å². The Balaban J connectivity index is 1.40. The fourth-order valence-electron chi connectivity index (χ4n) is 3.47. The first-order valence-corrected chi connectivity index (χ1v) is 11.1. The van der Waals surface area contributed by atoms with E-state index in [-0.39, 0.29) is 27.7 Å². The first-order valence-electron chi connectivity index (χ1n) is 9.18. The molecule has 12 heteroatoms. The number of benzene rings is 2.